The molecule has 0 spiro atoms. The van der Waals surface area contributed by atoms with Crippen LogP contribution >= 0.6 is 23.2 Å². The van der Waals surface area contributed by atoms with Gasteiger partial charge in [-0.15, -0.1) is 0 Å². The van der Waals surface area contributed by atoms with Crippen LogP contribution in [0.5, 0.6) is 5.75 Å². The minimum Gasteiger partial charge on any atom is -0.507 e. The van der Waals surface area contributed by atoms with Gasteiger partial charge in [0, 0.05) is 11.1 Å². The lowest BCUT2D eigenvalue weighted by Crippen LogP contribution is -1.94. The molecule has 0 aromatic heterocycles. The minimum absolute atomic E-state index is 0.208. The van der Waals surface area contributed by atoms with Gasteiger partial charge in [0.25, 0.3) is 0 Å². The highest BCUT2D eigenvalue weighted by Gasteiger charge is 2.15. The molecule has 0 bridgehead atoms. The maximum absolute atomic E-state index is 9.69. The van der Waals surface area contributed by atoms with Crippen molar-refractivity contribution < 1.29 is 5.11 Å². The number of rotatable bonds is 2. The van der Waals surface area contributed by atoms with Gasteiger partial charge < -0.3 is 5.11 Å². The first-order valence-electron chi connectivity index (χ1n) is 4.66. The molecule has 1 N–H and O–H groups in total. The van der Waals surface area contributed by atoms with Crippen molar-refractivity contribution >= 4 is 23.2 Å². The quantitative estimate of drug-likeness (QED) is 0.808. The highest BCUT2D eigenvalue weighted by atomic mass is 35.5. The summed E-state index contributed by atoms with van der Waals surface area (Å²) in [4.78, 5) is 0. The fourth-order valence-electron chi connectivity index (χ4n) is 1.51. The van der Waals surface area contributed by atoms with Gasteiger partial charge in [-0.2, -0.15) is 0 Å². The van der Waals surface area contributed by atoms with Crippen LogP contribution in [0.3, 0.4) is 0 Å². The monoisotopic (exact) mass is 232 g/mol. The smallest absolute Gasteiger partial charge is 0.124 e. The second-order valence-corrected chi connectivity index (χ2v) is 4.21. The zero-order chi connectivity index (χ0) is 10.9. The summed E-state index contributed by atoms with van der Waals surface area (Å²) >= 11 is 12.2. The predicted molar refractivity (Wildman–Crippen MR) is 61.6 cm³/mol. The van der Waals surface area contributed by atoms with Gasteiger partial charge in [0.15, 0.2) is 0 Å². The molecule has 1 rings (SSSR count). The van der Waals surface area contributed by atoms with Crippen LogP contribution in [0.2, 0.25) is 10.0 Å². The number of hydrogen-bond donors (Lipinski definition) is 1. The third-order valence-corrected chi connectivity index (χ3v) is 3.42. The normalized spacial score (nSPS) is 10.6. The first-order valence-corrected chi connectivity index (χ1v) is 5.42. The lowest BCUT2D eigenvalue weighted by Gasteiger charge is -2.13. The van der Waals surface area contributed by atoms with Crippen LogP contribution in [0.4, 0.5) is 0 Å². The Hall–Kier alpha value is -0.400. The summed E-state index contributed by atoms with van der Waals surface area (Å²) in [5, 5.41) is 10.9. The number of halogens is 2. The Kier molecular flexibility index (Phi) is 3.68. The Labute approximate surface area is 94.7 Å². The molecule has 1 aromatic carbocycles. The van der Waals surface area contributed by atoms with E-state index in [0.717, 1.165) is 29.5 Å². The Morgan fingerprint density at radius 2 is 1.50 bits per heavy atom. The standard InChI is InChI=1S/C11H14Cl2O/c1-4-5-8-9(12)6(2)11(14)7(3)10(8)13/h14H,4-5H2,1-3H3. The number of benzene rings is 1. The lowest BCUT2D eigenvalue weighted by atomic mass is 10.0. The van der Waals surface area contributed by atoms with E-state index in [9.17, 15) is 5.11 Å². The van der Waals surface area contributed by atoms with E-state index in [1.807, 2.05) is 0 Å². The molecule has 1 nitrogen and oxygen atoms in total. The number of aromatic hydroxyl groups is 1. The van der Waals surface area contributed by atoms with E-state index in [1.54, 1.807) is 13.8 Å². The van der Waals surface area contributed by atoms with Crippen molar-refractivity contribution in [3.63, 3.8) is 0 Å². The molecule has 0 saturated heterocycles. The first-order chi connectivity index (χ1) is 6.50. The largest absolute Gasteiger partial charge is 0.507 e. The Bertz CT molecular complexity index is 330. The Morgan fingerprint density at radius 3 is 1.86 bits per heavy atom. The zero-order valence-corrected chi connectivity index (χ0v) is 10.1. The summed E-state index contributed by atoms with van der Waals surface area (Å²) in [6.45, 7) is 5.69. The van der Waals surface area contributed by atoms with Crippen molar-refractivity contribution in [2.24, 2.45) is 0 Å². The molecule has 0 saturated carbocycles. The van der Waals surface area contributed by atoms with E-state index in [-0.39, 0.29) is 5.75 Å². The van der Waals surface area contributed by atoms with Crippen molar-refractivity contribution in [3.8, 4) is 5.75 Å². The van der Waals surface area contributed by atoms with Crippen molar-refractivity contribution in [1.82, 2.24) is 0 Å². The summed E-state index contributed by atoms with van der Waals surface area (Å²) in [7, 11) is 0. The van der Waals surface area contributed by atoms with E-state index in [1.165, 1.54) is 0 Å². The van der Waals surface area contributed by atoms with Gasteiger partial charge in [-0.05, 0) is 25.8 Å². The highest BCUT2D eigenvalue weighted by molar-refractivity contribution is 6.37. The lowest BCUT2D eigenvalue weighted by molar-refractivity contribution is 0.466. The van der Waals surface area contributed by atoms with E-state index in [0.29, 0.717) is 10.0 Å². The molecule has 0 aliphatic carbocycles. The molecule has 0 atom stereocenters. The topological polar surface area (TPSA) is 20.2 Å². The zero-order valence-electron chi connectivity index (χ0n) is 8.62. The van der Waals surface area contributed by atoms with Crippen LogP contribution in [0.15, 0.2) is 0 Å². The second kappa shape index (κ2) is 4.41. The van der Waals surface area contributed by atoms with Crippen LogP contribution in [0.1, 0.15) is 30.0 Å². The van der Waals surface area contributed by atoms with Crippen LogP contribution < -0.4 is 0 Å². The molecule has 78 valence electrons. The molecule has 0 unspecified atom stereocenters. The van der Waals surface area contributed by atoms with Gasteiger partial charge in [-0.25, -0.2) is 0 Å². The summed E-state index contributed by atoms with van der Waals surface area (Å²) < 4.78 is 0. The first kappa shape index (κ1) is 11.7. The second-order valence-electron chi connectivity index (χ2n) is 3.46. The minimum atomic E-state index is 0.208. The molecule has 0 aliphatic rings. The fraction of sp³-hybridized carbons (Fsp3) is 0.455. The number of hydrogen-bond acceptors (Lipinski definition) is 1. The predicted octanol–water partition coefficient (Wildman–Crippen LogP) is 4.27. The molecule has 14 heavy (non-hydrogen) atoms. The van der Waals surface area contributed by atoms with Gasteiger partial charge >= 0.3 is 0 Å². The Balaban J connectivity index is 3.43. The summed E-state index contributed by atoms with van der Waals surface area (Å²) in [6.07, 6.45) is 1.84. The van der Waals surface area contributed by atoms with Crippen molar-refractivity contribution in [2.75, 3.05) is 0 Å². The molecule has 0 aliphatic heterocycles. The SMILES string of the molecule is CCCc1c(Cl)c(C)c(O)c(C)c1Cl. The van der Waals surface area contributed by atoms with E-state index in [2.05, 4.69) is 6.92 Å². The highest BCUT2D eigenvalue weighted by Crippen LogP contribution is 2.38. The summed E-state index contributed by atoms with van der Waals surface area (Å²) in [5.74, 6) is 0.208. The van der Waals surface area contributed by atoms with Crippen LogP contribution in [0, 0.1) is 13.8 Å². The van der Waals surface area contributed by atoms with Crippen molar-refractivity contribution in [1.29, 1.82) is 0 Å². The third-order valence-electron chi connectivity index (χ3n) is 2.40. The van der Waals surface area contributed by atoms with Crippen molar-refractivity contribution in [3.05, 3.63) is 26.7 Å². The van der Waals surface area contributed by atoms with Crippen LogP contribution in [0.25, 0.3) is 0 Å². The molecular formula is C11H14Cl2O. The Morgan fingerprint density at radius 1 is 1.07 bits per heavy atom. The fourth-order valence-corrected chi connectivity index (χ4v) is 2.11. The maximum Gasteiger partial charge on any atom is 0.124 e. The van der Waals surface area contributed by atoms with Gasteiger partial charge in [0.1, 0.15) is 5.75 Å². The van der Waals surface area contributed by atoms with E-state index >= 15 is 0 Å². The summed E-state index contributed by atoms with van der Waals surface area (Å²) in [5.41, 5.74) is 2.39. The molecule has 3 heteroatoms. The van der Waals surface area contributed by atoms with Gasteiger partial charge in [-0.1, -0.05) is 36.5 Å². The number of phenols is 1. The molecule has 0 amide bonds. The molecular weight excluding hydrogens is 219 g/mol. The van der Waals surface area contributed by atoms with Gasteiger partial charge in [0.05, 0.1) is 10.0 Å². The summed E-state index contributed by atoms with van der Waals surface area (Å²) in [6, 6.07) is 0. The van der Waals surface area contributed by atoms with E-state index in [4.69, 9.17) is 23.2 Å². The average molecular weight is 233 g/mol. The van der Waals surface area contributed by atoms with Gasteiger partial charge in [-0.3, -0.25) is 0 Å². The van der Waals surface area contributed by atoms with E-state index < -0.39 is 0 Å². The van der Waals surface area contributed by atoms with Crippen LogP contribution in [-0.2, 0) is 6.42 Å². The van der Waals surface area contributed by atoms with Crippen LogP contribution in [-0.4, -0.2) is 5.11 Å². The molecule has 0 radical (unpaired) electrons. The molecule has 0 heterocycles. The van der Waals surface area contributed by atoms with Crippen molar-refractivity contribution in [2.45, 2.75) is 33.6 Å². The average Bonchev–Trinajstić information content (AvgIpc) is 2.19. The molecule has 0 fully saturated rings. The maximum atomic E-state index is 9.69. The van der Waals surface area contributed by atoms with Gasteiger partial charge in [0.2, 0.25) is 0 Å². The molecule has 1 aromatic rings. The number of phenolic OH excluding ortho intramolecular Hbond substituents is 1. The third kappa shape index (κ3) is 1.84.